The van der Waals surface area contributed by atoms with Crippen LogP contribution in [0.25, 0.3) is 15.9 Å². The quantitative estimate of drug-likeness (QED) is 0.283. The molecular formula is C29H29ClN6O2. The molecular weight excluding hydrogens is 500 g/mol. The first-order chi connectivity index (χ1) is 18.6. The summed E-state index contributed by atoms with van der Waals surface area (Å²) in [5.41, 5.74) is 3.93. The number of imidazole rings is 1. The van der Waals surface area contributed by atoms with Gasteiger partial charge in [0.25, 0.3) is 5.82 Å². The second kappa shape index (κ2) is 11.1. The Hall–Kier alpha value is -3.51. The summed E-state index contributed by atoms with van der Waals surface area (Å²) < 4.78 is 14.2. The van der Waals surface area contributed by atoms with Crippen LogP contribution in [-0.4, -0.2) is 56.3 Å². The van der Waals surface area contributed by atoms with E-state index in [-0.39, 0.29) is 12.2 Å². The van der Waals surface area contributed by atoms with Gasteiger partial charge in [0.15, 0.2) is 0 Å². The largest absolute Gasteiger partial charge is 0.474 e. The lowest BCUT2D eigenvalue weighted by Crippen LogP contribution is -2.39. The lowest BCUT2D eigenvalue weighted by atomic mass is 10.1. The number of benzene rings is 1. The fourth-order valence-corrected chi connectivity index (χ4v) is 5.20. The van der Waals surface area contributed by atoms with Gasteiger partial charge in [0, 0.05) is 42.9 Å². The van der Waals surface area contributed by atoms with Crippen molar-refractivity contribution in [3.05, 3.63) is 88.2 Å². The molecule has 5 heterocycles. The van der Waals surface area contributed by atoms with E-state index in [1.54, 1.807) is 12.3 Å². The van der Waals surface area contributed by atoms with Crippen LogP contribution in [0.1, 0.15) is 36.3 Å². The van der Waals surface area contributed by atoms with Crippen molar-refractivity contribution in [2.45, 2.75) is 51.0 Å². The number of ether oxygens (including phenoxy) is 2. The molecule has 0 aliphatic carbocycles. The molecule has 0 amide bonds. The highest BCUT2D eigenvalue weighted by Crippen LogP contribution is 2.25. The van der Waals surface area contributed by atoms with E-state index in [1.165, 1.54) is 5.56 Å². The van der Waals surface area contributed by atoms with Crippen LogP contribution in [0.2, 0.25) is 5.02 Å². The van der Waals surface area contributed by atoms with Gasteiger partial charge in [0.1, 0.15) is 23.6 Å². The van der Waals surface area contributed by atoms with Crippen molar-refractivity contribution in [3.63, 3.8) is 0 Å². The molecule has 0 radical (unpaired) electrons. The molecule has 2 aliphatic rings. The number of nitrogens with zero attached hydrogens (tertiary/aromatic N) is 6. The highest BCUT2D eigenvalue weighted by molar-refractivity contribution is 6.30. The predicted octanol–water partition coefficient (Wildman–Crippen LogP) is 5.45. The number of piperidine rings is 1. The molecule has 6 rings (SSSR count). The first-order valence-corrected chi connectivity index (χ1v) is 13.4. The molecule has 0 saturated carbocycles. The van der Waals surface area contributed by atoms with Gasteiger partial charge in [-0.1, -0.05) is 36.4 Å². The zero-order valence-electron chi connectivity index (χ0n) is 21.1. The molecule has 194 valence electrons. The molecule has 4 aromatic rings. The average molecular weight is 529 g/mol. The van der Waals surface area contributed by atoms with Crippen molar-refractivity contribution in [3.8, 4) is 5.88 Å². The summed E-state index contributed by atoms with van der Waals surface area (Å²) in [4.78, 5) is 19.8. The fraction of sp³-hybridized carbons (Fsp3) is 0.379. The Bertz CT molecular complexity index is 1450. The summed E-state index contributed by atoms with van der Waals surface area (Å²) in [5.74, 6) is 2.05. The van der Waals surface area contributed by atoms with Crippen molar-refractivity contribution < 1.29 is 9.47 Å². The van der Waals surface area contributed by atoms with Gasteiger partial charge in [0.2, 0.25) is 5.88 Å². The lowest BCUT2D eigenvalue weighted by Gasteiger charge is -2.32. The zero-order chi connectivity index (χ0) is 25.9. The molecule has 1 atom stereocenters. The summed E-state index contributed by atoms with van der Waals surface area (Å²) in [6.07, 6.45) is 5.78. The van der Waals surface area contributed by atoms with Crippen LogP contribution < -0.4 is 4.74 Å². The number of pyridine rings is 2. The predicted molar refractivity (Wildman–Crippen MR) is 146 cm³/mol. The minimum atomic E-state index is 0.136. The molecule has 0 spiro atoms. The number of hydrogen-bond donors (Lipinski definition) is 0. The number of hydrogen-bond acceptors (Lipinski definition) is 6. The fourth-order valence-electron chi connectivity index (χ4n) is 5.07. The van der Waals surface area contributed by atoms with E-state index in [2.05, 4.69) is 19.3 Å². The van der Waals surface area contributed by atoms with Gasteiger partial charge in [0.05, 0.1) is 24.7 Å². The summed E-state index contributed by atoms with van der Waals surface area (Å²) >= 11 is 6.01. The molecule has 2 fully saturated rings. The Morgan fingerprint density at radius 2 is 1.89 bits per heavy atom. The van der Waals surface area contributed by atoms with Crippen LogP contribution in [0, 0.1) is 6.57 Å². The Morgan fingerprint density at radius 3 is 2.63 bits per heavy atom. The number of fused-ring (bicyclic) bond motifs is 1. The molecule has 2 aliphatic heterocycles. The second-order valence-corrected chi connectivity index (χ2v) is 10.4. The van der Waals surface area contributed by atoms with E-state index in [4.69, 9.17) is 37.6 Å². The zero-order valence-corrected chi connectivity index (χ0v) is 21.8. The van der Waals surface area contributed by atoms with Gasteiger partial charge in [-0.15, -0.1) is 4.98 Å². The summed E-state index contributed by atoms with van der Waals surface area (Å²) in [6, 6.07) is 15.6. The van der Waals surface area contributed by atoms with E-state index < -0.39 is 0 Å². The van der Waals surface area contributed by atoms with Gasteiger partial charge in [-0.2, -0.15) is 0 Å². The molecule has 8 nitrogen and oxygen atoms in total. The number of aromatic nitrogens is 4. The standard InChI is InChI=1S/C29H29ClN6O2/c1-31-27-16-25-26(17-32-27)36(18-24-11-14-37-24)28(34-25)19-35-12-9-23(10-13-35)38-29-4-2-3-22(33-29)15-20-5-7-21(30)8-6-20/h2-8,16-17,23-24H,9-15,18-19H2/t24-/m0/s1. The summed E-state index contributed by atoms with van der Waals surface area (Å²) in [7, 11) is 0. The lowest BCUT2D eigenvalue weighted by molar-refractivity contribution is -0.0592. The van der Waals surface area contributed by atoms with Gasteiger partial charge < -0.3 is 18.9 Å². The van der Waals surface area contributed by atoms with E-state index in [0.29, 0.717) is 11.7 Å². The highest BCUT2D eigenvalue weighted by Gasteiger charge is 2.26. The minimum absolute atomic E-state index is 0.136. The molecule has 0 unspecified atom stereocenters. The third-order valence-corrected chi connectivity index (χ3v) is 7.51. The van der Waals surface area contributed by atoms with Gasteiger partial charge >= 0.3 is 0 Å². The topological polar surface area (TPSA) is 69.7 Å². The molecule has 0 N–H and O–H groups in total. The van der Waals surface area contributed by atoms with Gasteiger partial charge in [-0.05, 0) is 49.1 Å². The van der Waals surface area contributed by atoms with Crippen molar-refractivity contribution in [1.29, 1.82) is 0 Å². The van der Waals surface area contributed by atoms with Crippen LogP contribution in [0.15, 0.2) is 54.7 Å². The normalized spacial score (nSPS) is 18.3. The minimum Gasteiger partial charge on any atom is -0.474 e. The van der Waals surface area contributed by atoms with Crippen LogP contribution in [0.5, 0.6) is 5.88 Å². The van der Waals surface area contributed by atoms with Crippen LogP contribution in [0.3, 0.4) is 0 Å². The Kier molecular flexibility index (Phi) is 7.23. The molecule has 38 heavy (non-hydrogen) atoms. The third-order valence-electron chi connectivity index (χ3n) is 7.26. The number of rotatable bonds is 8. The Labute approximate surface area is 227 Å². The number of halogens is 1. The second-order valence-electron chi connectivity index (χ2n) is 9.93. The number of likely N-dealkylation sites (tertiary alicyclic amines) is 1. The van der Waals surface area contributed by atoms with Gasteiger partial charge in [-0.3, -0.25) is 4.90 Å². The molecule has 3 aromatic heterocycles. The summed E-state index contributed by atoms with van der Waals surface area (Å²) in [6.45, 7) is 11.5. The molecule has 1 aromatic carbocycles. The van der Waals surface area contributed by atoms with Crippen LogP contribution >= 0.6 is 11.6 Å². The van der Waals surface area contributed by atoms with Gasteiger partial charge in [-0.25, -0.2) is 9.97 Å². The molecule has 2 saturated heterocycles. The molecule has 0 bridgehead atoms. The van der Waals surface area contributed by atoms with Crippen molar-refractivity contribution in [2.75, 3.05) is 19.7 Å². The first-order valence-electron chi connectivity index (χ1n) is 13.1. The summed E-state index contributed by atoms with van der Waals surface area (Å²) in [5, 5.41) is 0.737. The maximum absolute atomic E-state index is 7.28. The maximum atomic E-state index is 7.28. The first kappa shape index (κ1) is 24.8. The van der Waals surface area contributed by atoms with Crippen molar-refractivity contribution in [1.82, 2.24) is 24.4 Å². The van der Waals surface area contributed by atoms with E-state index in [9.17, 15) is 0 Å². The Balaban J connectivity index is 1.08. The smallest absolute Gasteiger partial charge is 0.271 e. The third kappa shape index (κ3) is 5.65. The van der Waals surface area contributed by atoms with Crippen molar-refractivity contribution in [2.24, 2.45) is 0 Å². The molecule has 9 heteroatoms. The Morgan fingerprint density at radius 1 is 1.08 bits per heavy atom. The van der Waals surface area contributed by atoms with E-state index >= 15 is 0 Å². The monoisotopic (exact) mass is 528 g/mol. The SMILES string of the molecule is [C-]#[N+]c1cc2nc(CN3CCC(Oc4cccc(Cc5ccc(Cl)cc5)n4)CC3)n(C[C@@H]3CCO3)c2cn1. The highest BCUT2D eigenvalue weighted by atomic mass is 35.5. The maximum Gasteiger partial charge on any atom is 0.271 e. The van der Waals surface area contributed by atoms with E-state index in [0.717, 1.165) is 86.0 Å². The van der Waals surface area contributed by atoms with Crippen LogP contribution in [-0.2, 0) is 24.2 Å². The van der Waals surface area contributed by atoms with Crippen molar-refractivity contribution >= 4 is 28.5 Å². The van der Waals surface area contributed by atoms with Crippen LogP contribution in [0.4, 0.5) is 5.82 Å². The van der Waals surface area contributed by atoms with E-state index in [1.807, 2.05) is 42.5 Å². The average Bonchev–Trinajstić information content (AvgIpc) is 3.24.